The summed E-state index contributed by atoms with van der Waals surface area (Å²) in [6.45, 7) is 2.00. The van der Waals surface area contributed by atoms with Crippen molar-refractivity contribution in [3.05, 3.63) is 84.3 Å². The van der Waals surface area contributed by atoms with Gasteiger partial charge < -0.3 is 9.73 Å². The largest absolute Gasteiger partial charge is 0.472 e. The van der Waals surface area contributed by atoms with E-state index in [1.165, 1.54) is 5.56 Å². The third-order valence-electron chi connectivity index (χ3n) is 3.96. The van der Waals surface area contributed by atoms with Crippen molar-refractivity contribution in [3.63, 3.8) is 0 Å². The SMILES string of the molecule is CC(Cc1ccoc1)NC(=O)Cc1ccc(-c2ccccc2)cc1. The summed E-state index contributed by atoms with van der Waals surface area (Å²) >= 11 is 0. The molecule has 24 heavy (non-hydrogen) atoms. The molecule has 0 spiro atoms. The van der Waals surface area contributed by atoms with Crippen LogP contribution in [0.15, 0.2) is 77.6 Å². The predicted octanol–water partition coefficient (Wildman–Crippen LogP) is 4.24. The van der Waals surface area contributed by atoms with Crippen molar-refractivity contribution in [2.24, 2.45) is 0 Å². The van der Waals surface area contributed by atoms with E-state index < -0.39 is 0 Å². The maximum absolute atomic E-state index is 12.2. The average molecular weight is 319 g/mol. The number of carbonyl (C=O) groups is 1. The summed E-state index contributed by atoms with van der Waals surface area (Å²) in [6, 6.07) is 20.4. The first-order chi connectivity index (χ1) is 11.7. The van der Waals surface area contributed by atoms with Crippen LogP contribution >= 0.6 is 0 Å². The van der Waals surface area contributed by atoms with E-state index in [1.54, 1.807) is 12.5 Å². The van der Waals surface area contributed by atoms with Crippen LogP contribution < -0.4 is 5.32 Å². The molecule has 3 nitrogen and oxygen atoms in total. The molecule has 2 aromatic carbocycles. The lowest BCUT2D eigenvalue weighted by Gasteiger charge is -2.13. The predicted molar refractivity (Wildman–Crippen MR) is 95.6 cm³/mol. The fourth-order valence-electron chi connectivity index (χ4n) is 2.77. The molecular weight excluding hydrogens is 298 g/mol. The Labute approximate surface area is 142 Å². The highest BCUT2D eigenvalue weighted by Crippen LogP contribution is 2.19. The molecule has 0 saturated heterocycles. The normalized spacial score (nSPS) is 11.9. The minimum absolute atomic E-state index is 0.0402. The zero-order valence-corrected chi connectivity index (χ0v) is 13.7. The monoisotopic (exact) mass is 319 g/mol. The summed E-state index contributed by atoms with van der Waals surface area (Å²) in [5, 5.41) is 3.03. The maximum atomic E-state index is 12.2. The molecule has 1 amide bonds. The number of hydrogen-bond acceptors (Lipinski definition) is 2. The van der Waals surface area contributed by atoms with Crippen LogP contribution in [0.4, 0.5) is 0 Å². The van der Waals surface area contributed by atoms with Crippen molar-refractivity contribution in [1.29, 1.82) is 0 Å². The number of nitrogens with one attached hydrogen (secondary N) is 1. The van der Waals surface area contributed by atoms with Gasteiger partial charge in [0.15, 0.2) is 0 Å². The van der Waals surface area contributed by atoms with E-state index in [0.717, 1.165) is 23.1 Å². The summed E-state index contributed by atoms with van der Waals surface area (Å²) in [7, 11) is 0. The molecule has 0 aliphatic rings. The van der Waals surface area contributed by atoms with Crippen LogP contribution in [-0.2, 0) is 17.6 Å². The van der Waals surface area contributed by atoms with Gasteiger partial charge >= 0.3 is 0 Å². The zero-order chi connectivity index (χ0) is 16.8. The van der Waals surface area contributed by atoms with Gasteiger partial charge in [0.05, 0.1) is 18.9 Å². The molecule has 122 valence electrons. The number of amides is 1. The molecule has 3 heteroatoms. The number of furan rings is 1. The Hall–Kier alpha value is -2.81. The summed E-state index contributed by atoms with van der Waals surface area (Å²) in [6.07, 6.45) is 4.53. The third-order valence-corrected chi connectivity index (χ3v) is 3.96. The molecule has 0 bridgehead atoms. The van der Waals surface area contributed by atoms with E-state index in [4.69, 9.17) is 4.42 Å². The summed E-state index contributed by atoms with van der Waals surface area (Å²) in [4.78, 5) is 12.2. The van der Waals surface area contributed by atoms with Gasteiger partial charge in [0, 0.05) is 6.04 Å². The molecule has 1 atom stereocenters. The van der Waals surface area contributed by atoms with Gasteiger partial charge in [-0.05, 0) is 41.7 Å². The highest BCUT2D eigenvalue weighted by Gasteiger charge is 2.10. The third kappa shape index (κ3) is 4.35. The molecule has 0 radical (unpaired) electrons. The minimum atomic E-state index is 0.0402. The smallest absolute Gasteiger partial charge is 0.224 e. The van der Waals surface area contributed by atoms with Gasteiger partial charge in [-0.1, -0.05) is 54.6 Å². The lowest BCUT2D eigenvalue weighted by Crippen LogP contribution is -2.35. The molecule has 1 heterocycles. The molecule has 0 aliphatic heterocycles. The lowest BCUT2D eigenvalue weighted by atomic mass is 10.0. The first-order valence-corrected chi connectivity index (χ1v) is 8.15. The molecule has 0 aliphatic carbocycles. The quantitative estimate of drug-likeness (QED) is 0.738. The van der Waals surface area contributed by atoms with Crippen LogP contribution in [0, 0.1) is 0 Å². The van der Waals surface area contributed by atoms with Gasteiger partial charge in [-0.2, -0.15) is 0 Å². The Kier molecular flexibility index (Phi) is 5.12. The second-order valence-electron chi connectivity index (χ2n) is 6.04. The number of rotatable bonds is 6. The molecule has 1 unspecified atom stereocenters. The van der Waals surface area contributed by atoms with E-state index in [2.05, 4.69) is 29.6 Å². The van der Waals surface area contributed by atoms with Gasteiger partial charge in [0.25, 0.3) is 0 Å². The van der Waals surface area contributed by atoms with Crippen LogP contribution in [0.2, 0.25) is 0 Å². The molecule has 0 saturated carbocycles. The highest BCUT2D eigenvalue weighted by atomic mass is 16.3. The van der Waals surface area contributed by atoms with Gasteiger partial charge in [0.2, 0.25) is 5.91 Å². The van der Waals surface area contributed by atoms with Gasteiger partial charge in [-0.25, -0.2) is 0 Å². The Bertz CT molecular complexity index is 761. The van der Waals surface area contributed by atoms with Crippen molar-refractivity contribution >= 4 is 5.91 Å². The average Bonchev–Trinajstić information content (AvgIpc) is 3.09. The number of benzene rings is 2. The van der Waals surface area contributed by atoms with Gasteiger partial charge in [-0.15, -0.1) is 0 Å². The van der Waals surface area contributed by atoms with E-state index in [-0.39, 0.29) is 11.9 Å². The van der Waals surface area contributed by atoms with E-state index >= 15 is 0 Å². The van der Waals surface area contributed by atoms with Crippen molar-refractivity contribution in [2.45, 2.75) is 25.8 Å². The zero-order valence-electron chi connectivity index (χ0n) is 13.7. The Morgan fingerprint density at radius 3 is 2.33 bits per heavy atom. The summed E-state index contributed by atoms with van der Waals surface area (Å²) in [5.74, 6) is 0.0402. The standard InChI is InChI=1S/C21H21NO2/c1-16(13-18-11-12-24-15-18)22-21(23)14-17-7-9-20(10-8-17)19-5-3-2-4-6-19/h2-12,15-16H,13-14H2,1H3,(H,22,23). The van der Waals surface area contributed by atoms with Crippen molar-refractivity contribution in [1.82, 2.24) is 5.32 Å². The van der Waals surface area contributed by atoms with Crippen molar-refractivity contribution < 1.29 is 9.21 Å². The van der Waals surface area contributed by atoms with Gasteiger partial charge in [-0.3, -0.25) is 4.79 Å². The molecule has 3 aromatic rings. The first-order valence-electron chi connectivity index (χ1n) is 8.15. The highest BCUT2D eigenvalue weighted by molar-refractivity contribution is 5.79. The molecular formula is C21H21NO2. The maximum Gasteiger partial charge on any atom is 0.224 e. The van der Waals surface area contributed by atoms with E-state index in [1.807, 2.05) is 43.3 Å². The molecule has 0 fully saturated rings. The Morgan fingerprint density at radius 2 is 1.67 bits per heavy atom. The van der Waals surface area contributed by atoms with Gasteiger partial charge in [0.1, 0.15) is 0 Å². The number of hydrogen-bond donors (Lipinski definition) is 1. The second kappa shape index (κ2) is 7.64. The fraction of sp³-hybridized carbons (Fsp3) is 0.190. The first kappa shape index (κ1) is 16.1. The molecule has 1 N–H and O–H groups in total. The summed E-state index contributed by atoms with van der Waals surface area (Å²) in [5.41, 5.74) is 4.45. The van der Waals surface area contributed by atoms with Crippen LogP contribution in [0.3, 0.4) is 0 Å². The van der Waals surface area contributed by atoms with E-state index in [0.29, 0.717) is 6.42 Å². The Morgan fingerprint density at radius 1 is 0.958 bits per heavy atom. The van der Waals surface area contributed by atoms with Crippen LogP contribution in [0.25, 0.3) is 11.1 Å². The van der Waals surface area contributed by atoms with E-state index in [9.17, 15) is 4.79 Å². The van der Waals surface area contributed by atoms with Crippen LogP contribution in [0.1, 0.15) is 18.1 Å². The molecule has 1 aromatic heterocycles. The van der Waals surface area contributed by atoms with Crippen molar-refractivity contribution in [3.8, 4) is 11.1 Å². The van der Waals surface area contributed by atoms with Crippen LogP contribution in [0.5, 0.6) is 0 Å². The fourth-order valence-corrected chi connectivity index (χ4v) is 2.77. The second-order valence-corrected chi connectivity index (χ2v) is 6.04. The molecule has 3 rings (SSSR count). The topological polar surface area (TPSA) is 42.2 Å². The minimum Gasteiger partial charge on any atom is -0.472 e. The lowest BCUT2D eigenvalue weighted by molar-refractivity contribution is -0.121. The van der Waals surface area contributed by atoms with Crippen molar-refractivity contribution in [2.75, 3.05) is 0 Å². The van der Waals surface area contributed by atoms with Crippen LogP contribution in [-0.4, -0.2) is 11.9 Å². The Balaban J connectivity index is 1.54. The number of carbonyl (C=O) groups excluding carboxylic acids is 1. The summed E-state index contributed by atoms with van der Waals surface area (Å²) < 4.78 is 5.05.